The van der Waals surface area contributed by atoms with E-state index in [-0.39, 0.29) is 5.91 Å². The summed E-state index contributed by atoms with van der Waals surface area (Å²) in [5.41, 5.74) is 2.32. The Balaban J connectivity index is 2.03. The molecular weight excluding hydrogens is 262 g/mol. The van der Waals surface area contributed by atoms with Gasteiger partial charge in [-0.15, -0.1) is 0 Å². The van der Waals surface area contributed by atoms with Crippen LogP contribution in [-0.4, -0.2) is 10.9 Å². The number of aromatic nitrogens is 1. The molecule has 0 atom stereocenters. The Bertz CT molecular complexity index is 851. The van der Waals surface area contributed by atoms with Gasteiger partial charge in [-0.2, -0.15) is 5.26 Å². The predicted octanol–water partition coefficient (Wildman–Crippen LogP) is 3.36. The number of fused-ring (bicyclic) bond motifs is 1. The van der Waals surface area contributed by atoms with Gasteiger partial charge in [0.05, 0.1) is 22.8 Å². The maximum absolute atomic E-state index is 12.2. The van der Waals surface area contributed by atoms with E-state index in [0.717, 1.165) is 5.39 Å². The summed E-state index contributed by atoms with van der Waals surface area (Å²) >= 11 is 0. The number of hydrogen-bond donors (Lipinski definition) is 1. The Morgan fingerprint density at radius 1 is 1.05 bits per heavy atom. The zero-order valence-corrected chi connectivity index (χ0v) is 11.1. The summed E-state index contributed by atoms with van der Waals surface area (Å²) in [6.45, 7) is 0. The van der Waals surface area contributed by atoms with Gasteiger partial charge in [-0.1, -0.05) is 18.2 Å². The van der Waals surface area contributed by atoms with Crippen LogP contribution in [0.5, 0.6) is 0 Å². The molecule has 4 nitrogen and oxygen atoms in total. The minimum atomic E-state index is -0.202. The number of nitrogens with one attached hydrogen (secondary N) is 1. The molecule has 3 rings (SSSR count). The fourth-order valence-electron chi connectivity index (χ4n) is 2.16. The Morgan fingerprint density at radius 2 is 1.86 bits per heavy atom. The van der Waals surface area contributed by atoms with Crippen molar-refractivity contribution in [1.82, 2.24) is 4.98 Å². The number of benzene rings is 2. The SMILES string of the molecule is N#Cc1ccc(NC(=O)c2ccccc2)c2ncccc12. The Morgan fingerprint density at radius 3 is 2.62 bits per heavy atom. The van der Waals surface area contributed by atoms with Crippen molar-refractivity contribution >= 4 is 22.5 Å². The van der Waals surface area contributed by atoms with Crippen molar-refractivity contribution in [1.29, 1.82) is 5.26 Å². The average Bonchev–Trinajstić information content (AvgIpc) is 2.56. The number of nitrogens with zero attached hydrogens (tertiary/aromatic N) is 2. The van der Waals surface area contributed by atoms with Gasteiger partial charge in [0.2, 0.25) is 0 Å². The molecule has 0 saturated heterocycles. The highest BCUT2D eigenvalue weighted by Crippen LogP contribution is 2.24. The normalized spacial score (nSPS) is 10.0. The molecule has 100 valence electrons. The van der Waals surface area contributed by atoms with E-state index in [2.05, 4.69) is 16.4 Å². The van der Waals surface area contributed by atoms with Crippen molar-refractivity contribution in [3.63, 3.8) is 0 Å². The molecule has 0 radical (unpaired) electrons. The number of hydrogen-bond acceptors (Lipinski definition) is 3. The second kappa shape index (κ2) is 5.43. The van der Waals surface area contributed by atoms with E-state index in [1.807, 2.05) is 24.3 Å². The summed E-state index contributed by atoms with van der Waals surface area (Å²) in [5.74, 6) is -0.202. The van der Waals surface area contributed by atoms with Crippen LogP contribution in [0.1, 0.15) is 15.9 Å². The molecular formula is C17H11N3O. The fraction of sp³-hybridized carbons (Fsp3) is 0. The highest BCUT2D eigenvalue weighted by atomic mass is 16.1. The summed E-state index contributed by atoms with van der Waals surface area (Å²) in [4.78, 5) is 16.5. The maximum atomic E-state index is 12.2. The summed E-state index contributed by atoms with van der Waals surface area (Å²) < 4.78 is 0. The molecule has 0 aliphatic rings. The monoisotopic (exact) mass is 273 g/mol. The van der Waals surface area contributed by atoms with Crippen LogP contribution in [0.3, 0.4) is 0 Å². The lowest BCUT2D eigenvalue weighted by Crippen LogP contribution is -2.12. The molecule has 3 aromatic rings. The van der Waals surface area contributed by atoms with Crippen LogP contribution in [0, 0.1) is 11.3 Å². The van der Waals surface area contributed by atoms with E-state index in [1.165, 1.54) is 0 Å². The van der Waals surface area contributed by atoms with Crippen molar-refractivity contribution in [3.8, 4) is 6.07 Å². The van der Waals surface area contributed by atoms with Gasteiger partial charge in [0, 0.05) is 17.1 Å². The Hall–Kier alpha value is -3.19. The van der Waals surface area contributed by atoms with E-state index in [1.54, 1.807) is 36.5 Å². The lowest BCUT2D eigenvalue weighted by atomic mass is 10.1. The molecule has 1 heterocycles. The van der Waals surface area contributed by atoms with Crippen LogP contribution in [0.25, 0.3) is 10.9 Å². The number of amides is 1. The van der Waals surface area contributed by atoms with Crippen LogP contribution in [0.2, 0.25) is 0 Å². The van der Waals surface area contributed by atoms with Crippen molar-refractivity contribution in [2.75, 3.05) is 5.32 Å². The van der Waals surface area contributed by atoms with Gasteiger partial charge in [0.15, 0.2) is 0 Å². The molecule has 0 saturated carbocycles. The molecule has 4 heteroatoms. The molecule has 0 bridgehead atoms. The third-order valence-electron chi connectivity index (χ3n) is 3.17. The average molecular weight is 273 g/mol. The highest BCUT2D eigenvalue weighted by Gasteiger charge is 2.10. The topological polar surface area (TPSA) is 65.8 Å². The van der Waals surface area contributed by atoms with E-state index >= 15 is 0 Å². The number of rotatable bonds is 2. The summed E-state index contributed by atoms with van der Waals surface area (Å²) in [6.07, 6.45) is 1.64. The van der Waals surface area contributed by atoms with E-state index in [4.69, 9.17) is 5.26 Å². The van der Waals surface area contributed by atoms with Crippen LogP contribution < -0.4 is 5.32 Å². The van der Waals surface area contributed by atoms with E-state index in [9.17, 15) is 4.79 Å². The van der Waals surface area contributed by atoms with Gasteiger partial charge < -0.3 is 5.32 Å². The number of carbonyl (C=O) groups excluding carboxylic acids is 1. The van der Waals surface area contributed by atoms with Crippen molar-refractivity contribution < 1.29 is 4.79 Å². The molecule has 0 aliphatic heterocycles. The largest absolute Gasteiger partial charge is 0.320 e. The standard InChI is InChI=1S/C17H11N3O/c18-11-13-8-9-15(16-14(13)7-4-10-19-16)20-17(21)12-5-2-1-3-6-12/h1-10H,(H,20,21). The van der Waals surface area contributed by atoms with Gasteiger partial charge in [0.25, 0.3) is 5.91 Å². The van der Waals surface area contributed by atoms with E-state index < -0.39 is 0 Å². The van der Waals surface area contributed by atoms with Crippen molar-refractivity contribution in [2.45, 2.75) is 0 Å². The first-order chi connectivity index (χ1) is 10.3. The zero-order valence-electron chi connectivity index (χ0n) is 11.1. The second-order valence-electron chi connectivity index (χ2n) is 4.49. The number of pyridine rings is 1. The predicted molar refractivity (Wildman–Crippen MR) is 80.9 cm³/mol. The van der Waals surface area contributed by atoms with Crippen molar-refractivity contribution in [3.05, 3.63) is 71.9 Å². The number of nitriles is 1. The molecule has 21 heavy (non-hydrogen) atoms. The summed E-state index contributed by atoms with van der Waals surface area (Å²) in [6, 6.07) is 18.1. The third-order valence-corrected chi connectivity index (χ3v) is 3.17. The first-order valence-electron chi connectivity index (χ1n) is 6.44. The molecule has 1 amide bonds. The third kappa shape index (κ3) is 2.45. The fourth-order valence-corrected chi connectivity index (χ4v) is 2.16. The number of anilines is 1. The van der Waals surface area contributed by atoms with Crippen LogP contribution in [0.4, 0.5) is 5.69 Å². The molecule has 0 aliphatic carbocycles. The summed E-state index contributed by atoms with van der Waals surface area (Å²) in [5, 5.41) is 12.7. The maximum Gasteiger partial charge on any atom is 0.255 e. The Kier molecular flexibility index (Phi) is 3.32. The highest BCUT2D eigenvalue weighted by molar-refractivity contribution is 6.08. The molecule has 0 spiro atoms. The van der Waals surface area contributed by atoms with Gasteiger partial charge in [-0.3, -0.25) is 9.78 Å². The van der Waals surface area contributed by atoms with Gasteiger partial charge >= 0.3 is 0 Å². The van der Waals surface area contributed by atoms with Gasteiger partial charge in [-0.05, 0) is 36.4 Å². The minimum absolute atomic E-state index is 0.202. The van der Waals surface area contributed by atoms with Crippen molar-refractivity contribution in [2.24, 2.45) is 0 Å². The second-order valence-corrected chi connectivity index (χ2v) is 4.49. The zero-order chi connectivity index (χ0) is 14.7. The first kappa shape index (κ1) is 12.8. The smallest absolute Gasteiger partial charge is 0.255 e. The molecule has 0 unspecified atom stereocenters. The van der Waals surface area contributed by atoms with Gasteiger partial charge in [-0.25, -0.2) is 0 Å². The molecule has 2 aromatic carbocycles. The summed E-state index contributed by atoms with van der Waals surface area (Å²) in [7, 11) is 0. The lowest BCUT2D eigenvalue weighted by molar-refractivity contribution is 0.102. The van der Waals surface area contributed by atoms with Crippen LogP contribution in [-0.2, 0) is 0 Å². The first-order valence-corrected chi connectivity index (χ1v) is 6.44. The van der Waals surface area contributed by atoms with Crippen LogP contribution >= 0.6 is 0 Å². The lowest BCUT2D eigenvalue weighted by Gasteiger charge is -2.09. The molecule has 1 aromatic heterocycles. The van der Waals surface area contributed by atoms with Gasteiger partial charge in [0.1, 0.15) is 0 Å². The minimum Gasteiger partial charge on any atom is -0.320 e. The quantitative estimate of drug-likeness (QED) is 0.778. The molecule has 0 fully saturated rings. The Labute approximate surface area is 121 Å². The van der Waals surface area contributed by atoms with Crippen LogP contribution in [0.15, 0.2) is 60.8 Å². The molecule has 1 N–H and O–H groups in total. The number of carbonyl (C=O) groups is 1. The van der Waals surface area contributed by atoms with E-state index in [0.29, 0.717) is 22.3 Å².